The maximum atomic E-state index is 11.6. The fourth-order valence-electron chi connectivity index (χ4n) is 1.53. The first-order valence-corrected chi connectivity index (χ1v) is 6.62. The topological polar surface area (TPSA) is 119 Å². The molecule has 0 unspecified atom stereocenters. The summed E-state index contributed by atoms with van der Waals surface area (Å²) >= 11 is 0. The van der Waals surface area contributed by atoms with Gasteiger partial charge in [0.1, 0.15) is 0 Å². The number of amides is 3. The molecule has 0 rings (SSSR count). The van der Waals surface area contributed by atoms with Crippen LogP contribution in [0.2, 0.25) is 0 Å². The first-order valence-electron chi connectivity index (χ1n) is 6.62. The van der Waals surface area contributed by atoms with Crippen molar-refractivity contribution in [1.29, 1.82) is 0 Å². The Balaban J connectivity index is 3.73. The number of aliphatic hydroxyl groups is 1. The van der Waals surface area contributed by atoms with E-state index in [2.05, 4.69) is 10.6 Å². The highest BCUT2D eigenvalue weighted by atomic mass is 16.4. The summed E-state index contributed by atoms with van der Waals surface area (Å²) in [4.78, 5) is 34.9. The van der Waals surface area contributed by atoms with Crippen LogP contribution in [0.3, 0.4) is 0 Å². The molecule has 0 saturated carbocycles. The number of rotatable bonds is 9. The first kappa shape index (κ1) is 18.2. The zero-order chi connectivity index (χ0) is 15.5. The number of carboxylic acid groups (broad SMARTS) is 1. The van der Waals surface area contributed by atoms with E-state index in [1.165, 1.54) is 0 Å². The van der Waals surface area contributed by atoms with Crippen LogP contribution in [-0.4, -0.2) is 65.3 Å². The van der Waals surface area contributed by atoms with Crippen molar-refractivity contribution in [3.05, 3.63) is 0 Å². The van der Waals surface area contributed by atoms with Crippen molar-refractivity contribution in [3.8, 4) is 0 Å². The summed E-state index contributed by atoms with van der Waals surface area (Å²) in [5, 5.41) is 22.3. The van der Waals surface area contributed by atoms with Gasteiger partial charge < -0.3 is 25.7 Å². The summed E-state index contributed by atoms with van der Waals surface area (Å²) in [6, 6.07) is -0.491. The van der Waals surface area contributed by atoms with E-state index in [1.807, 2.05) is 13.8 Å². The van der Waals surface area contributed by atoms with Gasteiger partial charge in [0.2, 0.25) is 5.91 Å². The lowest BCUT2D eigenvalue weighted by Gasteiger charge is -2.18. The molecule has 3 amide bonds. The first-order chi connectivity index (χ1) is 9.42. The Morgan fingerprint density at radius 3 is 2.15 bits per heavy atom. The number of carbonyl (C=O) groups excluding carboxylic acids is 2. The van der Waals surface area contributed by atoms with Gasteiger partial charge in [0.15, 0.2) is 6.10 Å². The predicted octanol–water partition coefficient (Wildman–Crippen LogP) is -0.620. The normalized spacial score (nSPS) is 11.6. The fraction of sp³-hybridized carbons (Fsp3) is 0.750. The minimum atomic E-state index is -1.49. The monoisotopic (exact) mass is 289 g/mol. The molecule has 0 aliphatic carbocycles. The number of nitrogens with zero attached hydrogens (tertiary/aromatic N) is 1. The molecule has 0 aliphatic rings. The molecular formula is C12H23N3O5. The van der Waals surface area contributed by atoms with Crippen molar-refractivity contribution in [3.63, 3.8) is 0 Å². The number of carbonyl (C=O) groups is 3. The Labute approximate surface area is 118 Å². The molecule has 0 radical (unpaired) electrons. The lowest BCUT2D eigenvalue weighted by molar-refractivity contribution is -0.146. The highest BCUT2D eigenvalue weighted by molar-refractivity contribution is 5.78. The van der Waals surface area contributed by atoms with Crippen LogP contribution in [0.15, 0.2) is 0 Å². The molecule has 116 valence electrons. The molecule has 0 fully saturated rings. The molecule has 20 heavy (non-hydrogen) atoms. The number of hydrogen-bond donors (Lipinski definition) is 4. The number of carboxylic acids is 1. The second-order valence-electron chi connectivity index (χ2n) is 4.14. The Morgan fingerprint density at radius 1 is 1.10 bits per heavy atom. The fourth-order valence-corrected chi connectivity index (χ4v) is 1.53. The standard InChI is InChI=1S/C12H23N3O5/c1-3-15(4-2)10(17)6-8-14-12(20)13-7-5-9(16)11(18)19/h9,16H,3-8H2,1-2H3,(H,18,19)(H2,13,14,20)/t9-/m0/s1. The van der Waals surface area contributed by atoms with E-state index < -0.39 is 18.1 Å². The van der Waals surface area contributed by atoms with E-state index in [9.17, 15) is 14.4 Å². The molecular weight excluding hydrogens is 266 g/mol. The van der Waals surface area contributed by atoms with E-state index in [1.54, 1.807) is 4.90 Å². The van der Waals surface area contributed by atoms with Crippen LogP contribution in [0.4, 0.5) is 4.79 Å². The smallest absolute Gasteiger partial charge is 0.332 e. The summed E-state index contributed by atoms with van der Waals surface area (Å²) in [7, 11) is 0. The second kappa shape index (κ2) is 10.0. The quantitative estimate of drug-likeness (QED) is 0.451. The predicted molar refractivity (Wildman–Crippen MR) is 72.2 cm³/mol. The van der Waals surface area contributed by atoms with Crippen molar-refractivity contribution in [1.82, 2.24) is 15.5 Å². The lowest BCUT2D eigenvalue weighted by Crippen LogP contribution is -2.40. The SMILES string of the molecule is CCN(CC)C(=O)CCNC(=O)NCC[C@H](O)C(=O)O. The number of aliphatic hydroxyl groups excluding tert-OH is 1. The molecule has 0 saturated heterocycles. The van der Waals surface area contributed by atoms with E-state index in [0.717, 1.165) is 0 Å². The number of nitrogens with one attached hydrogen (secondary N) is 2. The molecule has 0 aromatic rings. The molecule has 0 aromatic carbocycles. The van der Waals surface area contributed by atoms with Crippen LogP contribution in [-0.2, 0) is 9.59 Å². The summed E-state index contributed by atoms with van der Waals surface area (Å²) in [6.45, 7) is 5.29. The van der Waals surface area contributed by atoms with Gasteiger partial charge in [0.25, 0.3) is 0 Å². The second-order valence-corrected chi connectivity index (χ2v) is 4.14. The number of urea groups is 1. The summed E-state index contributed by atoms with van der Waals surface area (Å²) in [6.07, 6.45) is -1.34. The third-order valence-electron chi connectivity index (χ3n) is 2.73. The molecule has 0 bridgehead atoms. The van der Waals surface area contributed by atoms with Gasteiger partial charge in [-0.15, -0.1) is 0 Å². The molecule has 8 nitrogen and oxygen atoms in total. The van der Waals surface area contributed by atoms with Gasteiger partial charge in [-0.1, -0.05) is 0 Å². The van der Waals surface area contributed by atoms with Crippen LogP contribution in [0.1, 0.15) is 26.7 Å². The van der Waals surface area contributed by atoms with Crippen molar-refractivity contribution in [2.24, 2.45) is 0 Å². The average Bonchev–Trinajstić information content (AvgIpc) is 2.39. The van der Waals surface area contributed by atoms with E-state index in [0.29, 0.717) is 13.1 Å². The largest absolute Gasteiger partial charge is 0.479 e. The van der Waals surface area contributed by atoms with Crippen LogP contribution in [0.5, 0.6) is 0 Å². The van der Waals surface area contributed by atoms with Crippen LogP contribution >= 0.6 is 0 Å². The average molecular weight is 289 g/mol. The minimum Gasteiger partial charge on any atom is -0.479 e. The molecule has 0 heterocycles. The van der Waals surface area contributed by atoms with Gasteiger partial charge in [-0.25, -0.2) is 9.59 Å². The third kappa shape index (κ3) is 7.57. The summed E-state index contributed by atoms with van der Waals surface area (Å²) < 4.78 is 0. The summed E-state index contributed by atoms with van der Waals surface area (Å²) in [5.41, 5.74) is 0. The van der Waals surface area contributed by atoms with Crippen LogP contribution < -0.4 is 10.6 Å². The van der Waals surface area contributed by atoms with Gasteiger partial charge in [-0.2, -0.15) is 0 Å². The van der Waals surface area contributed by atoms with E-state index in [-0.39, 0.29) is 31.8 Å². The molecule has 4 N–H and O–H groups in total. The molecule has 0 spiro atoms. The Hall–Kier alpha value is -1.83. The maximum absolute atomic E-state index is 11.6. The zero-order valence-electron chi connectivity index (χ0n) is 11.9. The maximum Gasteiger partial charge on any atom is 0.332 e. The Kier molecular flexibility index (Phi) is 9.10. The van der Waals surface area contributed by atoms with Crippen molar-refractivity contribution in [2.45, 2.75) is 32.8 Å². The van der Waals surface area contributed by atoms with Gasteiger partial charge in [0.05, 0.1) is 0 Å². The van der Waals surface area contributed by atoms with E-state index >= 15 is 0 Å². The molecule has 0 aliphatic heterocycles. The van der Waals surface area contributed by atoms with Crippen LogP contribution in [0.25, 0.3) is 0 Å². The van der Waals surface area contributed by atoms with Gasteiger partial charge in [0, 0.05) is 39.0 Å². The Bertz CT molecular complexity index is 331. The van der Waals surface area contributed by atoms with Crippen molar-refractivity contribution in [2.75, 3.05) is 26.2 Å². The molecule has 0 aromatic heterocycles. The van der Waals surface area contributed by atoms with Crippen molar-refractivity contribution < 1.29 is 24.6 Å². The van der Waals surface area contributed by atoms with Gasteiger partial charge in [-0.3, -0.25) is 4.79 Å². The summed E-state index contributed by atoms with van der Waals surface area (Å²) in [5.74, 6) is -1.35. The van der Waals surface area contributed by atoms with Crippen molar-refractivity contribution >= 4 is 17.9 Å². The Morgan fingerprint density at radius 2 is 1.65 bits per heavy atom. The minimum absolute atomic E-state index is 0.0309. The lowest BCUT2D eigenvalue weighted by atomic mass is 10.2. The molecule has 8 heteroatoms. The highest BCUT2D eigenvalue weighted by Gasteiger charge is 2.13. The van der Waals surface area contributed by atoms with Crippen LogP contribution in [0, 0.1) is 0 Å². The number of aliphatic carboxylic acids is 1. The van der Waals surface area contributed by atoms with Gasteiger partial charge >= 0.3 is 12.0 Å². The van der Waals surface area contributed by atoms with E-state index in [4.69, 9.17) is 10.2 Å². The zero-order valence-corrected chi connectivity index (χ0v) is 11.9. The third-order valence-corrected chi connectivity index (χ3v) is 2.73. The number of hydrogen-bond acceptors (Lipinski definition) is 4. The molecule has 1 atom stereocenters. The highest BCUT2D eigenvalue weighted by Crippen LogP contribution is 1.93. The van der Waals surface area contributed by atoms with Gasteiger partial charge in [-0.05, 0) is 13.8 Å².